The molecule has 0 atom stereocenters. The monoisotopic (exact) mass is 244 g/mol. The third kappa shape index (κ3) is 2.19. The highest BCUT2D eigenvalue weighted by molar-refractivity contribution is 7.89. The Labute approximate surface area is 92.7 Å². The molecule has 16 heavy (non-hydrogen) atoms. The molecule has 0 aromatic heterocycles. The van der Waals surface area contributed by atoms with Gasteiger partial charge in [-0.05, 0) is 18.2 Å². The molecule has 0 unspecified atom stereocenters. The summed E-state index contributed by atoms with van der Waals surface area (Å²) >= 11 is 0. The van der Waals surface area contributed by atoms with E-state index in [2.05, 4.69) is 4.84 Å². The molecule has 0 amide bonds. The smallest absolute Gasteiger partial charge is 0.264 e. The zero-order valence-electron chi connectivity index (χ0n) is 8.64. The average Bonchev–Trinajstić information content (AvgIpc) is 2.28. The van der Waals surface area contributed by atoms with Crippen molar-refractivity contribution >= 4 is 10.0 Å². The molecule has 0 aliphatic rings. The third-order valence-electron chi connectivity index (χ3n) is 1.95. The van der Waals surface area contributed by atoms with Gasteiger partial charge in [-0.2, -0.15) is 5.26 Å². The van der Waals surface area contributed by atoms with Crippen molar-refractivity contribution in [2.45, 2.75) is 4.90 Å². The van der Waals surface area contributed by atoms with Gasteiger partial charge in [-0.25, -0.2) is 12.8 Å². The maximum Gasteiger partial charge on any atom is 0.264 e. The minimum absolute atomic E-state index is 0.199. The Morgan fingerprint density at radius 3 is 2.62 bits per heavy atom. The zero-order valence-corrected chi connectivity index (χ0v) is 9.45. The zero-order chi connectivity index (χ0) is 12.3. The van der Waals surface area contributed by atoms with Gasteiger partial charge in [-0.3, -0.25) is 4.84 Å². The van der Waals surface area contributed by atoms with Gasteiger partial charge in [0.1, 0.15) is 11.9 Å². The summed E-state index contributed by atoms with van der Waals surface area (Å²) in [5, 5.41) is 8.57. The molecule has 1 rings (SSSR count). The van der Waals surface area contributed by atoms with Crippen molar-refractivity contribution in [2.24, 2.45) is 0 Å². The van der Waals surface area contributed by atoms with Crippen molar-refractivity contribution in [2.75, 3.05) is 14.2 Å². The van der Waals surface area contributed by atoms with Crippen LogP contribution in [0.15, 0.2) is 23.1 Å². The summed E-state index contributed by atoms with van der Waals surface area (Å²) in [5.74, 6) is -0.762. The van der Waals surface area contributed by atoms with Crippen LogP contribution >= 0.6 is 0 Å². The first-order valence-electron chi connectivity index (χ1n) is 4.16. The highest BCUT2D eigenvalue weighted by Gasteiger charge is 2.21. The summed E-state index contributed by atoms with van der Waals surface area (Å²) in [6, 6.07) is 4.52. The van der Waals surface area contributed by atoms with Gasteiger partial charge in [0, 0.05) is 7.05 Å². The minimum atomic E-state index is -3.85. The Hall–Kier alpha value is -1.49. The third-order valence-corrected chi connectivity index (χ3v) is 3.63. The lowest BCUT2D eigenvalue weighted by atomic mass is 10.2. The Kier molecular flexibility index (Phi) is 3.59. The fraction of sp³-hybridized carbons (Fsp3) is 0.222. The van der Waals surface area contributed by atoms with Gasteiger partial charge in [0.05, 0.1) is 17.6 Å². The van der Waals surface area contributed by atoms with Crippen molar-refractivity contribution in [1.82, 2.24) is 4.47 Å². The van der Waals surface area contributed by atoms with Gasteiger partial charge in [0.2, 0.25) is 0 Å². The molecule has 0 radical (unpaired) electrons. The number of nitriles is 1. The molecule has 1 aromatic carbocycles. The Morgan fingerprint density at radius 1 is 1.50 bits per heavy atom. The van der Waals surface area contributed by atoms with Crippen LogP contribution in [-0.4, -0.2) is 27.0 Å². The van der Waals surface area contributed by atoms with E-state index in [0.717, 1.165) is 18.2 Å². The second-order valence-corrected chi connectivity index (χ2v) is 4.79. The van der Waals surface area contributed by atoms with E-state index in [1.807, 2.05) is 0 Å². The molecule has 86 valence electrons. The molecular formula is C9H9FN2O3S. The molecule has 0 saturated heterocycles. The van der Waals surface area contributed by atoms with E-state index >= 15 is 0 Å². The second-order valence-electron chi connectivity index (χ2n) is 2.85. The van der Waals surface area contributed by atoms with E-state index in [-0.39, 0.29) is 10.5 Å². The van der Waals surface area contributed by atoms with E-state index in [4.69, 9.17) is 5.26 Å². The van der Waals surface area contributed by atoms with E-state index in [1.54, 1.807) is 6.07 Å². The van der Waals surface area contributed by atoms with E-state index < -0.39 is 15.8 Å². The first kappa shape index (κ1) is 12.6. The van der Waals surface area contributed by atoms with Gasteiger partial charge in [0.25, 0.3) is 10.0 Å². The van der Waals surface area contributed by atoms with Crippen LogP contribution in [0.3, 0.4) is 0 Å². The van der Waals surface area contributed by atoms with Gasteiger partial charge in [0.15, 0.2) is 0 Å². The quantitative estimate of drug-likeness (QED) is 0.740. The number of hydroxylamine groups is 1. The Bertz CT molecular complexity index is 536. The van der Waals surface area contributed by atoms with Crippen LogP contribution in [-0.2, 0) is 14.9 Å². The lowest BCUT2D eigenvalue weighted by Crippen LogP contribution is -2.25. The van der Waals surface area contributed by atoms with Gasteiger partial charge >= 0.3 is 0 Å². The normalized spacial score (nSPS) is 11.4. The Morgan fingerprint density at radius 2 is 2.12 bits per heavy atom. The minimum Gasteiger partial charge on any atom is -0.288 e. The number of hydrogen-bond acceptors (Lipinski definition) is 4. The molecular weight excluding hydrogens is 235 g/mol. The Balaban J connectivity index is 3.31. The highest BCUT2D eigenvalue weighted by Crippen LogP contribution is 2.17. The number of rotatable bonds is 3. The molecule has 0 saturated carbocycles. The molecule has 0 heterocycles. The topological polar surface area (TPSA) is 70.4 Å². The number of hydrogen-bond donors (Lipinski definition) is 0. The summed E-state index contributed by atoms with van der Waals surface area (Å²) in [7, 11) is -1.46. The lowest BCUT2D eigenvalue weighted by Gasteiger charge is -2.14. The summed E-state index contributed by atoms with van der Waals surface area (Å²) in [6.07, 6.45) is 0. The molecule has 1 aromatic rings. The van der Waals surface area contributed by atoms with Crippen molar-refractivity contribution in [3.05, 3.63) is 29.6 Å². The van der Waals surface area contributed by atoms with E-state index in [1.165, 1.54) is 14.2 Å². The second kappa shape index (κ2) is 4.57. The van der Waals surface area contributed by atoms with E-state index in [0.29, 0.717) is 4.47 Å². The van der Waals surface area contributed by atoms with E-state index in [9.17, 15) is 12.8 Å². The van der Waals surface area contributed by atoms with Crippen LogP contribution in [0.5, 0.6) is 0 Å². The maximum absolute atomic E-state index is 13.0. The predicted octanol–water partition coefficient (Wildman–Crippen LogP) is 0.879. The van der Waals surface area contributed by atoms with Crippen LogP contribution in [0.1, 0.15) is 5.56 Å². The van der Waals surface area contributed by atoms with Crippen LogP contribution in [0.2, 0.25) is 0 Å². The van der Waals surface area contributed by atoms with Gasteiger partial charge in [-0.15, -0.1) is 0 Å². The molecule has 0 aliphatic heterocycles. The molecule has 5 nitrogen and oxygen atoms in total. The van der Waals surface area contributed by atoms with Crippen LogP contribution in [0.4, 0.5) is 4.39 Å². The maximum atomic E-state index is 13.0. The van der Waals surface area contributed by atoms with Gasteiger partial charge in [-0.1, -0.05) is 4.47 Å². The summed E-state index contributed by atoms with van der Waals surface area (Å²) in [5.41, 5.74) is -0.328. The number of nitrogens with zero attached hydrogens (tertiary/aromatic N) is 2. The van der Waals surface area contributed by atoms with Gasteiger partial charge < -0.3 is 0 Å². The van der Waals surface area contributed by atoms with Crippen molar-refractivity contribution < 1.29 is 17.6 Å². The number of halogens is 1. The summed E-state index contributed by atoms with van der Waals surface area (Å²) < 4.78 is 37.0. The fourth-order valence-electron chi connectivity index (χ4n) is 0.997. The average molecular weight is 244 g/mol. The first-order valence-corrected chi connectivity index (χ1v) is 5.60. The predicted molar refractivity (Wildman–Crippen MR) is 53.1 cm³/mol. The van der Waals surface area contributed by atoms with Crippen LogP contribution in [0, 0.1) is 17.1 Å². The highest BCUT2D eigenvalue weighted by atomic mass is 32.2. The van der Waals surface area contributed by atoms with Crippen LogP contribution in [0.25, 0.3) is 0 Å². The molecule has 0 N–H and O–H groups in total. The molecule has 0 bridgehead atoms. The molecule has 0 spiro atoms. The number of sulfonamides is 1. The molecule has 0 aliphatic carbocycles. The van der Waals surface area contributed by atoms with Crippen molar-refractivity contribution in [3.8, 4) is 6.07 Å². The fourth-order valence-corrected chi connectivity index (χ4v) is 2.00. The number of benzene rings is 1. The summed E-state index contributed by atoms with van der Waals surface area (Å²) in [6.45, 7) is 0. The SMILES string of the molecule is CON(C)S(=O)(=O)c1ccc(F)c(C#N)c1. The summed E-state index contributed by atoms with van der Waals surface area (Å²) in [4.78, 5) is 4.34. The van der Waals surface area contributed by atoms with Crippen molar-refractivity contribution in [1.29, 1.82) is 5.26 Å². The first-order chi connectivity index (χ1) is 7.43. The van der Waals surface area contributed by atoms with Crippen LogP contribution < -0.4 is 0 Å². The largest absolute Gasteiger partial charge is 0.288 e. The van der Waals surface area contributed by atoms with Crippen molar-refractivity contribution in [3.63, 3.8) is 0 Å². The molecule has 7 heteroatoms. The standard InChI is InChI=1S/C9H9FN2O3S/c1-12(15-2)16(13,14)8-3-4-9(10)7(5-8)6-11/h3-5H,1-2H3. The lowest BCUT2D eigenvalue weighted by molar-refractivity contribution is -0.0258. The molecule has 0 fully saturated rings.